The number of carboxylic acids is 1. The van der Waals surface area contributed by atoms with Crippen molar-refractivity contribution in [2.75, 3.05) is 0 Å². The highest BCUT2D eigenvalue weighted by Gasteiger charge is 2.12. The molecule has 0 saturated carbocycles. The average Bonchev–Trinajstić information content (AvgIpc) is 2.68. The van der Waals surface area contributed by atoms with Gasteiger partial charge in [0.15, 0.2) is 5.76 Å². The molecule has 0 fully saturated rings. The van der Waals surface area contributed by atoms with Crippen molar-refractivity contribution in [2.24, 2.45) is 7.05 Å². The first-order valence-electron chi connectivity index (χ1n) is 5.00. The number of carbonyl (C=O) groups is 1. The van der Waals surface area contributed by atoms with Gasteiger partial charge < -0.3 is 14.1 Å². The largest absolute Gasteiger partial charge is 0.478 e. The summed E-state index contributed by atoms with van der Waals surface area (Å²) in [6.07, 6.45) is 0. The maximum atomic E-state index is 11.6. The minimum absolute atomic E-state index is 0.0443. The fourth-order valence-corrected chi connectivity index (χ4v) is 1.57. The lowest BCUT2D eigenvalue weighted by atomic mass is 10.2. The SMILES string of the molecule is Cc1ccc(-c2cc(C(=O)O)cc(=O)n2C)o1. The number of hydrogen-bond donors (Lipinski definition) is 1. The number of aryl methyl sites for hydroxylation is 1. The molecular weight excluding hydrogens is 222 g/mol. The first-order valence-corrected chi connectivity index (χ1v) is 5.00. The molecule has 0 amide bonds. The van der Waals surface area contributed by atoms with E-state index in [1.54, 1.807) is 26.1 Å². The Hall–Kier alpha value is -2.30. The minimum atomic E-state index is -1.13. The second kappa shape index (κ2) is 3.93. The highest BCUT2D eigenvalue weighted by Crippen LogP contribution is 2.21. The summed E-state index contributed by atoms with van der Waals surface area (Å²) in [4.78, 5) is 22.5. The van der Waals surface area contributed by atoms with Crippen molar-refractivity contribution in [3.8, 4) is 11.5 Å². The van der Waals surface area contributed by atoms with Crippen LogP contribution < -0.4 is 5.56 Å². The minimum Gasteiger partial charge on any atom is -0.478 e. The van der Waals surface area contributed by atoms with Crippen molar-refractivity contribution in [3.05, 3.63) is 45.9 Å². The lowest BCUT2D eigenvalue weighted by molar-refractivity contribution is 0.0696. The summed E-state index contributed by atoms with van der Waals surface area (Å²) in [6, 6.07) is 5.96. The Morgan fingerprint density at radius 1 is 1.35 bits per heavy atom. The molecule has 88 valence electrons. The zero-order valence-electron chi connectivity index (χ0n) is 9.43. The normalized spacial score (nSPS) is 10.5. The second-order valence-electron chi connectivity index (χ2n) is 3.74. The van der Waals surface area contributed by atoms with Crippen molar-refractivity contribution in [3.63, 3.8) is 0 Å². The van der Waals surface area contributed by atoms with Gasteiger partial charge in [-0.05, 0) is 25.1 Å². The molecule has 2 rings (SSSR count). The van der Waals surface area contributed by atoms with E-state index in [1.807, 2.05) is 0 Å². The molecule has 0 radical (unpaired) electrons. The van der Waals surface area contributed by atoms with Crippen LogP contribution in [0.1, 0.15) is 16.1 Å². The zero-order chi connectivity index (χ0) is 12.6. The molecule has 0 unspecified atom stereocenters. The van der Waals surface area contributed by atoms with E-state index in [4.69, 9.17) is 9.52 Å². The summed E-state index contributed by atoms with van der Waals surface area (Å²) in [5.74, 6) is 0.0469. The molecule has 17 heavy (non-hydrogen) atoms. The first kappa shape index (κ1) is 11.2. The van der Waals surface area contributed by atoms with Gasteiger partial charge in [-0.3, -0.25) is 4.79 Å². The molecule has 1 N–H and O–H groups in total. The number of pyridine rings is 1. The number of hydrogen-bond acceptors (Lipinski definition) is 3. The van der Waals surface area contributed by atoms with Crippen LogP contribution in [-0.4, -0.2) is 15.6 Å². The van der Waals surface area contributed by atoms with Gasteiger partial charge in [-0.1, -0.05) is 0 Å². The number of aromatic nitrogens is 1. The van der Waals surface area contributed by atoms with Crippen molar-refractivity contribution >= 4 is 5.97 Å². The van der Waals surface area contributed by atoms with E-state index in [1.165, 1.54) is 10.6 Å². The average molecular weight is 233 g/mol. The standard InChI is InChI=1S/C12H11NO4/c1-7-3-4-10(17-7)9-5-8(12(15)16)6-11(14)13(9)2/h3-6H,1-2H3,(H,15,16). The molecular formula is C12H11NO4. The molecule has 0 spiro atoms. The van der Waals surface area contributed by atoms with Crippen LogP contribution in [0, 0.1) is 6.92 Å². The van der Waals surface area contributed by atoms with Gasteiger partial charge in [-0.25, -0.2) is 4.79 Å². The Balaban J connectivity index is 2.68. The van der Waals surface area contributed by atoms with Gasteiger partial charge in [0.1, 0.15) is 5.76 Å². The topological polar surface area (TPSA) is 72.4 Å². The van der Waals surface area contributed by atoms with Crippen molar-refractivity contribution < 1.29 is 14.3 Å². The Morgan fingerprint density at radius 2 is 2.06 bits per heavy atom. The third-order valence-electron chi connectivity index (χ3n) is 2.50. The quantitative estimate of drug-likeness (QED) is 0.856. The molecule has 0 aliphatic carbocycles. The number of carboxylic acid groups (broad SMARTS) is 1. The number of rotatable bonds is 2. The maximum Gasteiger partial charge on any atom is 0.335 e. The third kappa shape index (κ3) is 1.99. The highest BCUT2D eigenvalue weighted by molar-refractivity contribution is 5.88. The molecule has 0 aliphatic rings. The van der Waals surface area contributed by atoms with E-state index in [0.717, 1.165) is 6.07 Å². The molecule has 0 atom stereocenters. The van der Waals surface area contributed by atoms with Crippen LogP contribution in [0.25, 0.3) is 11.5 Å². The van der Waals surface area contributed by atoms with Crippen LogP contribution in [0.4, 0.5) is 0 Å². The van der Waals surface area contributed by atoms with Crippen LogP contribution in [0.2, 0.25) is 0 Å². The number of nitrogens with zero attached hydrogens (tertiary/aromatic N) is 1. The summed E-state index contributed by atoms with van der Waals surface area (Å²) in [5, 5.41) is 8.90. The van der Waals surface area contributed by atoms with Gasteiger partial charge in [-0.2, -0.15) is 0 Å². The van der Waals surface area contributed by atoms with Crippen LogP contribution in [0.5, 0.6) is 0 Å². The van der Waals surface area contributed by atoms with Crippen LogP contribution >= 0.6 is 0 Å². The van der Waals surface area contributed by atoms with Gasteiger partial charge in [0.2, 0.25) is 0 Å². The molecule has 2 aromatic heterocycles. The van der Waals surface area contributed by atoms with E-state index in [-0.39, 0.29) is 11.1 Å². The lowest BCUT2D eigenvalue weighted by Crippen LogP contribution is -2.19. The molecule has 0 saturated heterocycles. The third-order valence-corrected chi connectivity index (χ3v) is 2.50. The van der Waals surface area contributed by atoms with Crippen LogP contribution in [-0.2, 0) is 7.05 Å². The monoisotopic (exact) mass is 233 g/mol. The van der Waals surface area contributed by atoms with E-state index in [9.17, 15) is 9.59 Å². The van der Waals surface area contributed by atoms with Gasteiger partial charge in [0.25, 0.3) is 5.56 Å². The number of aromatic carboxylic acids is 1. The van der Waals surface area contributed by atoms with Crippen molar-refractivity contribution in [1.29, 1.82) is 0 Å². The van der Waals surface area contributed by atoms with E-state index < -0.39 is 5.97 Å². The van der Waals surface area contributed by atoms with Gasteiger partial charge in [-0.15, -0.1) is 0 Å². The number of furan rings is 1. The molecule has 5 heteroatoms. The van der Waals surface area contributed by atoms with Gasteiger partial charge in [0, 0.05) is 13.1 Å². The van der Waals surface area contributed by atoms with Gasteiger partial charge >= 0.3 is 5.97 Å². The second-order valence-corrected chi connectivity index (χ2v) is 3.74. The summed E-state index contributed by atoms with van der Waals surface area (Å²) in [6.45, 7) is 1.78. The first-order chi connectivity index (χ1) is 7.99. The molecule has 0 bridgehead atoms. The molecule has 2 aromatic rings. The van der Waals surface area contributed by atoms with Crippen LogP contribution in [0.15, 0.2) is 33.5 Å². The van der Waals surface area contributed by atoms with E-state index in [0.29, 0.717) is 17.2 Å². The van der Waals surface area contributed by atoms with E-state index >= 15 is 0 Å². The fraction of sp³-hybridized carbons (Fsp3) is 0.167. The Kier molecular flexibility index (Phi) is 2.59. The summed E-state index contributed by atoms with van der Waals surface area (Å²) >= 11 is 0. The Labute approximate surface area is 96.9 Å². The summed E-state index contributed by atoms with van der Waals surface area (Å²) in [5.41, 5.74) is 0.0223. The highest BCUT2D eigenvalue weighted by atomic mass is 16.4. The summed E-state index contributed by atoms with van der Waals surface area (Å²) < 4.78 is 6.74. The Bertz CT molecular complexity index is 636. The van der Waals surface area contributed by atoms with Crippen LogP contribution in [0.3, 0.4) is 0 Å². The zero-order valence-corrected chi connectivity index (χ0v) is 9.43. The lowest BCUT2D eigenvalue weighted by Gasteiger charge is -2.06. The molecule has 2 heterocycles. The smallest absolute Gasteiger partial charge is 0.335 e. The molecule has 5 nitrogen and oxygen atoms in total. The maximum absolute atomic E-state index is 11.6. The molecule has 0 aliphatic heterocycles. The predicted octanol–water partition coefficient (Wildman–Crippen LogP) is 1.65. The fourth-order valence-electron chi connectivity index (χ4n) is 1.57. The van der Waals surface area contributed by atoms with Crippen molar-refractivity contribution in [1.82, 2.24) is 4.57 Å². The summed E-state index contributed by atoms with van der Waals surface area (Å²) in [7, 11) is 1.57. The van der Waals surface area contributed by atoms with E-state index in [2.05, 4.69) is 0 Å². The van der Waals surface area contributed by atoms with Crippen molar-refractivity contribution in [2.45, 2.75) is 6.92 Å². The Morgan fingerprint density at radius 3 is 2.59 bits per heavy atom. The van der Waals surface area contributed by atoms with Gasteiger partial charge in [0.05, 0.1) is 11.3 Å². The predicted molar refractivity (Wildman–Crippen MR) is 61.1 cm³/mol. The molecule has 0 aromatic carbocycles.